The first kappa shape index (κ1) is 10.6. The monoisotopic (exact) mass is 259 g/mol. The summed E-state index contributed by atoms with van der Waals surface area (Å²) in [7, 11) is 1.73. The molecule has 0 unspecified atom stereocenters. The highest BCUT2D eigenvalue weighted by Crippen LogP contribution is 2.27. The Kier molecular flexibility index (Phi) is 3.34. The van der Waals surface area contributed by atoms with Crippen molar-refractivity contribution in [3.63, 3.8) is 0 Å². The van der Waals surface area contributed by atoms with Crippen LogP contribution in [-0.4, -0.2) is 27.0 Å². The molecule has 2 heterocycles. The van der Waals surface area contributed by atoms with Crippen LogP contribution in [-0.2, 0) is 0 Å². The Hall–Kier alpha value is -0.920. The van der Waals surface area contributed by atoms with E-state index in [1.165, 1.54) is 23.1 Å². The first-order chi connectivity index (χ1) is 7.28. The van der Waals surface area contributed by atoms with Crippen LogP contribution in [0.4, 0.5) is 5.95 Å². The topological polar surface area (TPSA) is 63.6 Å². The molecule has 78 valence electrons. The van der Waals surface area contributed by atoms with Crippen LogP contribution in [0.3, 0.4) is 0 Å². The summed E-state index contributed by atoms with van der Waals surface area (Å²) in [6.45, 7) is 0. The van der Waals surface area contributed by atoms with E-state index in [1.807, 2.05) is 5.38 Å². The number of hydrogen-bond donors (Lipinski definition) is 1. The van der Waals surface area contributed by atoms with Gasteiger partial charge in [0, 0.05) is 18.6 Å². The van der Waals surface area contributed by atoms with Gasteiger partial charge >= 0.3 is 0 Å². The lowest BCUT2D eigenvalue weighted by molar-refractivity contribution is 0.907. The Morgan fingerprint density at radius 1 is 1.40 bits per heavy atom. The van der Waals surface area contributed by atoms with Gasteiger partial charge in [-0.05, 0) is 23.4 Å². The zero-order chi connectivity index (χ0) is 10.7. The average Bonchev–Trinajstić information content (AvgIpc) is 2.69. The number of aromatic nitrogens is 4. The third-order valence-electron chi connectivity index (χ3n) is 1.40. The van der Waals surface area contributed by atoms with Gasteiger partial charge in [-0.25, -0.2) is 4.98 Å². The molecular formula is C7H6ClN5S2. The quantitative estimate of drug-likeness (QED) is 0.912. The summed E-state index contributed by atoms with van der Waals surface area (Å²) in [6.07, 6.45) is 1.73. The molecule has 0 saturated carbocycles. The molecule has 0 bridgehead atoms. The SMILES string of the molecule is CNc1nc(Cl)nc(Sc2nccs2)n1. The van der Waals surface area contributed by atoms with E-state index in [0.717, 1.165) is 4.34 Å². The smallest absolute Gasteiger partial charge is 0.228 e. The lowest BCUT2D eigenvalue weighted by Crippen LogP contribution is -1.99. The molecule has 2 rings (SSSR count). The van der Waals surface area contributed by atoms with Crippen molar-refractivity contribution in [3.8, 4) is 0 Å². The summed E-state index contributed by atoms with van der Waals surface area (Å²) in [5.74, 6) is 0.453. The highest BCUT2D eigenvalue weighted by Gasteiger charge is 2.06. The molecule has 0 radical (unpaired) electrons. The molecule has 1 N–H and O–H groups in total. The van der Waals surface area contributed by atoms with Crippen molar-refractivity contribution in [2.24, 2.45) is 0 Å². The van der Waals surface area contributed by atoms with Crippen LogP contribution in [0.5, 0.6) is 0 Å². The van der Waals surface area contributed by atoms with E-state index in [4.69, 9.17) is 11.6 Å². The van der Waals surface area contributed by atoms with E-state index in [2.05, 4.69) is 25.3 Å². The van der Waals surface area contributed by atoms with Gasteiger partial charge in [-0.3, -0.25) is 0 Å². The van der Waals surface area contributed by atoms with Crippen molar-refractivity contribution in [2.75, 3.05) is 12.4 Å². The Balaban J connectivity index is 2.24. The second-order valence-corrected chi connectivity index (χ2v) is 4.81. The van der Waals surface area contributed by atoms with Crippen LogP contribution in [0.2, 0.25) is 5.28 Å². The fraction of sp³-hybridized carbons (Fsp3) is 0.143. The number of hydrogen-bond acceptors (Lipinski definition) is 7. The fourth-order valence-corrected chi connectivity index (χ4v) is 2.51. The Labute approximate surface area is 99.3 Å². The van der Waals surface area contributed by atoms with E-state index in [9.17, 15) is 0 Å². The van der Waals surface area contributed by atoms with Crippen LogP contribution in [0, 0.1) is 0 Å². The predicted molar refractivity (Wildman–Crippen MR) is 60.6 cm³/mol. The minimum Gasteiger partial charge on any atom is -0.357 e. The molecule has 0 fully saturated rings. The van der Waals surface area contributed by atoms with Gasteiger partial charge < -0.3 is 5.32 Å². The first-order valence-electron chi connectivity index (χ1n) is 3.94. The van der Waals surface area contributed by atoms with Crippen molar-refractivity contribution in [2.45, 2.75) is 9.50 Å². The summed E-state index contributed by atoms with van der Waals surface area (Å²) < 4.78 is 0.874. The molecule has 0 atom stereocenters. The molecular weight excluding hydrogens is 254 g/mol. The van der Waals surface area contributed by atoms with Crippen LogP contribution < -0.4 is 5.32 Å². The molecule has 0 saturated heterocycles. The number of nitrogens with one attached hydrogen (secondary N) is 1. The summed E-state index contributed by atoms with van der Waals surface area (Å²) in [5, 5.41) is 5.41. The standard InChI is InChI=1S/C7H6ClN5S2/c1-9-5-11-4(8)12-6(13-5)15-7-10-2-3-14-7/h2-3H,1H3,(H,9,11,12,13). The second kappa shape index (κ2) is 4.73. The normalized spacial score (nSPS) is 10.3. The molecule has 2 aromatic heterocycles. The van der Waals surface area contributed by atoms with Crippen molar-refractivity contribution in [3.05, 3.63) is 16.9 Å². The summed E-state index contributed by atoms with van der Waals surface area (Å²) in [5.41, 5.74) is 0. The van der Waals surface area contributed by atoms with E-state index in [1.54, 1.807) is 13.2 Å². The maximum atomic E-state index is 5.74. The van der Waals surface area contributed by atoms with Crippen molar-refractivity contribution >= 4 is 40.6 Å². The minimum absolute atomic E-state index is 0.174. The van der Waals surface area contributed by atoms with Gasteiger partial charge in [0.05, 0.1) is 0 Å². The lowest BCUT2D eigenvalue weighted by atomic mass is 10.9. The molecule has 5 nitrogen and oxygen atoms in total. The van der Waals surface area contributed by atoms with Gasteiger partial charge in [0.25, 0.3) is 0 Å². The first-order valence-corrected chi connectivity index (χ1v) is 6.02. The Morgan fingerprint density at radius 3 is 2.93 bits per heavy atom. The third kappa shape index (κ3) is 2.77. The lowest BCUT2D eigenvalue weighted by Gasteiger charge is -2.00. The molecule has 0 aliphatic carbocycles. The number of nitrogens with zero attached hydrogens (tertiary/aromatic N) is 4. The average molecular weight is 260 g/mol. The Bertz CT molecular complexity index is 447. The summed E-state index contributed by atoms with van der Waals surface area (Å²) in [6, 6.07) is 0. The highest BCUT2D eigenvalue weighted by atomic mass is 35.5. The maximum Gasteiger partial charge on any atom is 0.228 e. The molecule has 0 spiro atoms. The largest absolute Gasteiger partial charge is 0.357 e. The summed E-state index contributed by atoms with van der Waals surface area (Å²) >= 11 is 8.62. The van der Waals surface area contributed by atoms with Crippen LogP contribution in [0.25, 0.3) is 0 Å². The number of halogens is 1. The van der Waals surface area contributed by atoms with Crippen LogP contribution in [0.15, 0.2) is 21.1 Å². The number of anilines is 1. The van der Waals surface area contributed by atoms with E-state index >= 15 is 0 Å². The minimum atomic E-state index is 0.174. The van der Waals surface area contributed by atoms with Crippen LogP contribution in [0.1, 0.15) is 0 Å². The number of thiazole rings is 1. The Morgan fingerprint density at radius 2 is 2.27 bits per heavy atom. The molecule has 2 aromatic rings. The van der Waals surface area contributed by atoms with Crippen LogP contribution >= 0.6 is 34.7 Å². The van der Waals surface area contributed by atoms with E-state index in [-0.39, 0.29) is 5.28 Å². The van der Waals surface area contributed by atoms with E-state index < -0.39 is 0 Å². The second-order valence-electron chi connectivity index (χ2n) is 2.36. The van der Waals surface area contributed by atoms with Crippen molar-refractivity contribution in [1.29, 1.82) is 0 Å². The zero-order valence-electron chi connectivity index (χ0n) is 7.64. The molecule has 15 heavy (non-hydrogen) atoms. The maximum absolute atomic E-state index is 5.74. The zero-order valence-corrected chi connectivity index (χ0v) is 10.0. The predicted octanol–water partition coefficient (Wildman–Crippen LogP) is 2.17. The van der Waals surface area contributed by atoms with Gasteiger partial charge in [0.15, 0.2) is 4.34 Å². The molecule has 0 amide bonds. The summed E-state index contributed by atoms with van der Waals surface area (Å²) in [4.78, 5) is 16.1. The van der Waals surface area contributed by atoms with Crippen molar-refractivity contribution in [1.82, 2.24) is 19.9 Å². The van der Waals surface area contributed by atoms with Gasteiger partial charge in [-0.1, -0.05) is 0 Å². The van der Waals surface area contributed by atoms with Gasteiger partial charge in [0.2, 0.25) is 16.4 Å². The van der Waals surface area contributed by atoms with Gasteiger partial charge in [0.1, 0.15) is 0 Å². The highest BCUT2D eigenvalue weighted by molar-refractivity contribution is 8.00. The molecule has 0 aliphatic rings. The molecule has 0 aromatic carbocycles. The molecule has 0 aliphatic heterocycles. The van der Waals surface area contributed by atoms with E-state index in [0.29, 0.717) is 11.1 Å². The number of rotatable bonds is 3. The molecule has 8 heteroatoms. The van der Waals surface area contributed by atoms with Gasteiger partial charge in [-0.2, -0.15) is 15.0 Å². The third-order valence-corrected chi connectivity index (χ3v) is 3.32. The van der Waals surface area contributed by atoms with Crippen molar-refractivity contribution < 1.29 is 0 Å². The fourth-order valence-electron chi connectivity index (χ4n) is 0.828. The van der Waals surface area contributed by atoms with Gasteiger partial charge in [-0.15, -0.1) is 11.3 Å².